The molecule has 0 atom stereocenters. The summed E-state index contributed by atoms with van der Waals surface area (Å²) in [5.74, 6) is 1.07. The number of anilines is 2. The summed E-state index contributed by atoms with van der Waals surface area (Å²) < 4.78 is 5.54. The number of fused-ring (bicyclic) bond motifs is 1. The number of rotatable bonds is 7. The third-order valence-electron chi connectivity index (χ3n) is 5.70. The Hall–Kier alpha value is -3.70. The van der Waals surface area contributed by atoms with Gasteiger partial charge in [0.25, 0.3) is 5.91 Å². The fourth-order valence-electron chi connectivity index (χ4n) is 3.85. The van der Waals surface area contributed by atoms with E-state index in [1.54, 1.807) is 18.3 Å². The number of amides is 1. The molecule has 1 aliphatic rings. The second-order valence-corrected chi connectivity index (χ2v) is 8.58. The van der Waals surface area contributed by atoms with Crippen LogP contribution in [0.3, 0.4) is 0 Å². The van der Waals surface area contributed by atoms with Gasteiger partial charge in [0, 0.05) is 11.6 Å². The number of aromatic amines is 2. The highest BCUT2D eigenvalue weighted by Gasteiger charge is 2.20. The Kier molecular flexibility index (Phi) is 6.28. The first kappa shape index (κ1) is 22.1. The van der Waals surface area contributed by atoms with Crippen LogP contribution in [0.5, 0.6) is 5.75 Å². The zero-order valence-electron chi connectivity index (χ0n) is 18.5. The minimum atomic E-state index is -0.353. The van der Waals surface area contributed by atoms with Gasteiger partial charge in [-0.3, -0.25) is 15.2 Å². The zero-order valence-corrected chi connectivity index (χ0v) is 19.3. The highest BCUT2D eigenvalue weighted by atomic mass is 35.5. The minimum absolute atomic E-state index is 0.160. The van der Waals surface area contributed by atoms with Gasteiger partial charge in [0.15, 0.2) is 12.3 Å². The van der Waals surface area contributed by atoms with Crippen LogP contribution in [-0.2, 0) is 4.79 Å². The summed E-state index contributed by atoms with van der Waals surface area (Å²) in [6, 6.07) is 7.64. The van der Waals surface area contributed by atoms with Gasteiger partial charge in [0.2, 0.25) is 5.95 Å². The van der Waals surface area contributed by atoms with E-state index in [1.165, 1.54) is 6.33 Å². The predicted octanol–water partition coefficient (Wildman–Crippen LogP) is 2.92. The van der Waals surface area contributed by atoms with Crippen molar-refractivity contribution in [3.63, 3.8) is 0 Å². The van der Waals surface area contributed by atoms with Crippen LogP contribution in [0, 0.1) is 0 Å². The molecule has 0 spiro atoms. The molecule has 3 aromatic heterocycles. The van der Waals surface area contributed by atoms with Crippen LogP contribution in [0.2, 0.25) is 5.02 Å². The number of halogens is 1. The SMILES string of the molecule is CN1CCC(Nc2c(Cl)cnc3[nH]c(-c4ccc(OCC(=O)Nc5nc[nH]n5)cc4)nc23)CC1. The van der Waals surface area contributed by atoms with Crippen LogP contribution in [0.1, 0.15) is 12.8 Å². The number of H-pyrrole nitrogens is 2. The molecule has 0 unspecified atom stereocenters. The standard InChI is InChI=1S/C22H24ClN9O2/c1-32-8-6-14(7-9-32)27-18-16(23)10-24-21-19(18)29-20(30-21)13-2-4-15(5-3-13)34-11-17(33)28-22-25-12-26-31-22/h2-5,10,12,14H,6-9,11H2,1H3,(H2,24,27,29,30)(H2,25,26,28,31,33). The Balaban J connectivity index is 1.28. The Morgan fingerprint density at radius 1 is 1.24 bits per heavy atom. The van der Waals surface area contributed by atoms with E-state index in [0.29, 0.717) is 33.8 Å². The fraction of sp³-hybridized carbons (Fsp3) is 0.318. The lowest BCUT2D eigenvalue weighted by molar-refractivity contribution is -0.118. The largest absolute Gasteiger partial charge is 0.484 e. The van der Waals surface area contributed by atoms with Crippen molar-refractivity contribution in [1.29, 1.82) is 0 Å². The maximum Gasteiger partial charge on any atom is 0.264 e. The quantitative estimate of drug-likeness (QED) is 0.316. The van der Waals surface area contributed by atoms with Crippen molar-refractivity contribution >= 4 is 40.3 Å². The molecule has 0 aliphatic carbocycles. The van der Waals surface area contributed by atoms with Gasteiger partial charge in [-0.2, -0.15) is 0 Å². The van der Waals surface area contributed by atoms with Crippen molar-refractivity contribution in [3.05, 3.63) is 41.8 Å². The average Bonchev–Trinajstić information content (AvgIpc) is 3.51. The number of nitrogens with zero attached hydrogens (tertiary/aromatic N) is 5. The van der Waals surface area contributed by atoms with E-state index in [2.05, 4.69) is 47.7 Å². The lowest BCUT2D eigenvalue weighted by atomic mass is 10.1. The summed E-state index contributed by atoms with van der Waals surface area (Å²) in [4.78, 5) is 30.5. The normalized spacial score (nSPS) is 14.9. The molecule has 4 aromatic rings. The molecule has 0 radical (unpaired) electrons. The van der Waals surface area contributed by atoms with Crippen molar-refractivity contribution in [2.24, 2.45) is 0 Å². The van der Waals surface area contributed by atoms with E-state index in [9.17, 15) is 4.79 Å². The van der Waals surface area contributed by atoms with Gasteiger partial charge in [-0.15, -0.1) is 5.10 Å². The summed E-state index contributed by atoms with van der Waals surface area (Å²) in [6.45, 7) is 1.93. The molecule has 1 amide bonds. The fourth-order valence-corrected chi connectivity index (χ4v) is 4.04. The molecule has 4 N–H and O–H groups in total. The van der Waals surface area contributed by atoms with Gasteiger partial charge in [0.05, 0.1) is 16.9 Å². The molecule has 1 saturated heterocycles. The van der Waals surface area contributed by atoms with Crippen LogP contribution >= 0.6 is 11.6 Å². The second-order valence-electron chi connectivity index (χ2n) is 8.17. The monoisotopic (exact) mass is 481 g/mol. The smallest absolute Gasteiger partial charge is 0.264 e. The number of hydrogen-bond acceptors (Lipinski definition) is 8. The summed E-state index contributed by atoms with van der Waals surface area (Å²) in [5.41, 5.74) is 3.04. The molecule has 34 heavy (non-hydrogen) atoms. The number of piperidine rings is 1. The first-order valence-corrected chi connectivity index (χ1v) is 11.3. The van der Waals surface area contributed by atoms with Gasteiger partial charge < -0.3 is 19.9 Å². The Bertz CT molecular complexity index is 1270. The summed E-state index contributed by atoms with van der Waals surface area (Å²) in [5, 5.41) is 13.0. The number of pyridine rings is 1. The molecule has 5 rings (SSSR count). The van der Waals surface area contributed by atoms with Crippen molar-refractivity contribution in [3.8, 4) is 17.1 Å². The number of benzene rings is 1. The van der Waals surface area contributed by atoms with Crippen molar-refractivity contribution in [2.45, 2.75) is 18.9 Å². The van der Waals surface area contributed by atoms with Crippen LogP contribution < -0.4 is 15.4 Å². The van der Waals surface area contributed by atoms with Crippen LogP contribution in [0.4, 0.5) is 11.6 Å². The molecule has 0 saturated carbocycles. The first-order chi connectivity index (χ1) is 16.5. The van der Waals surface area contributed by atoms with E-state index in [0.717, 1.165) is 37.2 Å². The van der Waals surface area contributed by atoms with Crippen LogP contribution in [0.15, 0.2) is 36.8 Å². The van der Waals surface area contributed by atoms with E-state index >= 15 is 0 Å². The van der Waals surface area contributed by atoms with E-state index in [1.807, 2.05) is 12.1 Å². The molecular formula is C22H24ClN9O2. The highest BCUT2D eigenvalue weighted by molar-refractivity contribution is 6.34. The number of carbonyl (C=O) groups is 1. The van der Waals surface area contributed by atoms with Gasteiger partial charge >= 0.3 is 0 Å². The number of hydrogen-bond donors (Lipinski definition) is 4. The summed E-state index contributed by atoms with van der Waals surface area (Å²) in [6.07, 6.45) is 5.12. The number of nitrogens with one attached hydrogen (secondary N) is 4. The Morgan fingerprint density at radius 2 is 2.03 bits per heavy atom. The first-order valence-electron chi connectivity index (χ1n) is 10.9. The molecule has 1 aliphatic heterocycles. The maximum atomic E-state index is 11.9. The molecule has 1 aromatic carbocycles. The number of likely N-dealkylation sites (tertiary alicyclic amines) is 1. The lowest BCUT2D eigenvalue weighted by Gasteiger charge is -2.30. The molecule has 4 heterocycles. The highest BCUT2D eigenvalue weighted by Crippen LogP contribution is 2.32. The third kappa shape index (κ3) is 4.95. The minimum Gasteiger partial charge on any atom is -0.484 e. The van der Waals surface area contributed by atoms with Crippen molar-refractivity contribution in [2.75, 3.05) is 37.4 Å². The second kappa shape index (κ2) is 9.65. The van der Waals surface area contributed by atoms with Gasteiger partial charge in [0.1, 0.15) is 23.4 Å². The topological polar surface area (TPSA) is 137 Å². The average molecular weight is 482 g/mol. The Labute approximate surface area is 200 Å². The molecule has 176 valence electrons. The molecule has 12 heteroatoms. The van der Waals surface area contributed by atoms with Gasteiger partial charge in [-0.25, -0.2) is 15.0 Å². The maximum absolute atomic E-state index is 11.9. The number of carbonyl (C=O) groups excluding carboxylic acids is 1. The van der Waals surface area contributed by atoms with Crippen molar-refractivity contribution in [1.82, 2.24) is 35.0 Å². The lowest BCUT2D eigenvalue weighted by Crippen LogP contribution is -2.36. The zero-order chi connectivity index (χ0) is 23.5. The third-order valence-corrected chi connectivity index (χ3v) is 5.98. The van der Waals surface area contributed by atoms with Crippen LogP contribution in [-0.4, -0.2) is 73.7 Å². The summed E-state index contributed by atoms with van der Waals surface area (Å²) in [7, 11) is 2.14. The molecular weight excluding hydrogens is 458 g/mol. The predicted molar refractivity (Wildman–Crippen MR) is 129 cm³/mol. The number of aromatic nitrogens is 6. The number of ether oxygens (including phenoxy) is 1. The molecule has 11 nitrogen and oxygen atoms in total. The van der Waals surface area contributed by atoms with E-state index < -0.39 is 0 Å². The van der Waals surface area contributed by atoms with E-state index in [4.69, 9.17) is 21.3 Å². The number of imidazole rings is 1. The van der Waals surface area contributed by atoms with Crippen molar-refractivity contribution < 1.29 is 9.53 Å². The van der Waals surface area contributed by atoms with Crippen LogP contribution in [0.25, 0.3) is 22.6 Å². The van der Waals surface area contributed by atoms with E-state index in [-0.39, 0.29) is 18.5 Å². The van der Waals surface area contributed by atoms with Gasteiger partial charge in [-0.05, 0) is 57.2 Å². The summed E-state index contributed by atoms with van der Waals surface area (Å²) >= 11 is 6.48. The Morgan fingerprint density at radius 3 is 2.76 bits per heavy atom. The van der Waals surface area contributed by atoms with Gasteiger partial charge in [-0.1, -0.05) is 11.6 Å². The molecule has 1 fully saturated rings. The molecule has 0 bridgehead atoms.